The van der Waals surface area contributed by atoms with Gasteiger partial charge in [-0.15, -0.1) is 0 Å². The third kappa shape index (κ3) is 8.77. The lowest BCUT2D eigenvalue weighted by Crippen LogP contribution is -2.40. The van der Waals surface area contributed by atoms with Crippen molar-refractivity contribution in [3.05, 3.63) is 48.2 Å². The Morgan fingerprint density at radius 2 is 1.73 bits per heavy atom. The second kappa shape index (κ2) is 12.6. The zero-order chi connectivity index (χ0) is 22.6. The van der Waals surface area contributed by atoms with Gasteiger partial charge in [-0.2, -0.15) is 11.8 Å². The van der Waals surface area contributed by atoms with Crippen molar-refractivity contribution < 1.29 is 33.9 Å². The van der Waals surface area contributed by atoms with Crippen LogP contribution in [0.15, 0.2) is 42.7 Å². The second-order valence-electron chi connectivity index (χ2n) is 7.93. The molecule has 0 heterocycles. The van der Waals surface area contributed by atoms with E-state index in [2.05, 4.69) is 11.5 Å². The standard InChI is InChI=1S/C22H32O7S/c1-17(29-25)14-30-16-22(4,15-21(2,3)19(23)27-12-11-26-5)20(24)28-13-18-9-7-6-8-10-18/h6-10,25H,1,11-16H2,2-5H3. The van der Waals surface area contributed by atoms with Crippen LogP contribution in [0, 0.1) is 10.8 Å². The molecule has 30 heavy (non-hydrogen) atoms. The van der Waals surface area contributed by atoms with Crippen LogP contribution in [0.3, 0.4) is 0 Å². The Labute approximate surface area is 182 Å². The first-order chi connectivity index (χ1) is 14.1. The fraction of sp³-hybridized carbons (Fsp3) is 0.545. The summed E-state index contributed by atoms with van der Waals surface area (Å²) in [5.41, 5.74) is -1.01. The Hall–Kier alpha value is -2.03. The van der Waals surface area contributed by atoms with Gasteiger partial charge in [-0.25, -0.2) is 5.26 Å². The molecule has 0 fully saturated rings. The maximum absolute atomic E-state index is 13.0. The molecule has 0 saturated carbocycles. The van der Waals surface area contributed by atoms with Crippen LogP contribution in [0.25, 0.3) is 0 Å². The van der Waals surface area contributed by atoms with Crippen molar-refractivity contribution in [2.24, 2.45) is 10.8 Å². The molecule has 1 rings (SSSR count). The minimum absolute atomic E-state index is 0.144. The van der Waals surface area contributed by atoms with Crippen LogP contribution >= 0.6 is 11.8 Å². The van der Waals surface area contributed by atoms with Crippen LogP contribution in [-0.4, -0.2) is 49.0 Å². The molecule has 0 aliphatic carbocycles. The predicted molar refractivity (Wildman–Crippen MR) is 116 cm³/mol. The van der Waals surface area contributed by atoms with Crippen molar-refractivity contribution in [2.45, 2.75) is 33.8 Å². The van der Waals surface area contributed by atoms with E-state index in [9.17, 15) is 9.59 Å². The van der Waals surface area contributed by atoms with E-state index in [4.69, 9.17) is 19.5 Å². The van der Waals surface area contributed by atoms with Crippen LogP contribution in [0.4, 0.5) is 0 Å². The molecule has 0 aliphatic rings. The molecule has 1 aromatic rings. The summed E-state index contributed by atoms with van der Waals surface area (Å²) < 4.78 is 15.8. The predicted octanol–water partition coefficient (Wildman–Crippen LogP) is 4.08. The highest BCUT2D eigenvalue weighted by molar-refractivity contribution is 7.99. The summed E-state index contributed by atoms with van der Waals surface area (Å²) in [5, 5.41) is 8.67. The van der Waals surface area contributed by atoms with Crippen molar-refractivity contribution in [1.29, 1.82) is 0 Å². The van der Waals surface area contributed by atoms with E-state index < -0.39 is 22.8 Å². The lowest BCUT2D eigenvalue weighted by molar-refractivity contribution is -0.201. The molecule has 0 aromatic heterocycles. The molecule has 0 saturated heterocycles. The summed E-state index contributed by atoms with van der Waals surface area (Å²) in [5.74, 6) is 0.00860. The van der Waals surface area contributed by atoms with Crippen LogP contribution in [0.2, 0.25) is 0 Å². The van der Waals surface area contributed by atoms with E-state index in [1.807, 2.05) is 30.3 Å². The molecule has 0 radical (unpaired) electrons. The Morgan fingerprint density at radius 3 is 2.33 bits per heavy atom. The number of methoxy groups -OCH3 is 1. The summed E-state index contributed by atoms with van der Waals surface area (Å²) >= 11 is 1.36. The van der Waals surface area contributed by atoms with Gasteiger partial charge in [-0.3, -0.25) is 9.59 Å². The largest absolute Gasteiger partial charge is 0.463 e. The molecule has 168 valence electrons. The van der Waals surface area contributed by atoms with Gasteiger partial charge in [0.25, 0.3) is 0 Å². The molecule has 0 amide bonds. The lowest BCUT2D eigenvalue weighted by atomic mass is 9.75. The first kappa shape index (κ1) is 26.0. The third-order valence-electron chi connectivity index (χ3n) is 4.42. The summed E-state index contributed by atoms with van der Waals surface area (Å²) in [7, 11) is 1.53. The maximum atomic E-state index is 13.0. The molecular formula is C22H32O7S. The van der Waals surface area contributed by atoms with Crippen LogP contribution < -0.4 is 0 Å². The van der Waals surface area contributed by atoms with Crippen molar-refractivity contribution in [3.8, 4) is 0 Å². The number of hydrogen-bond acceptors (Lipinski definition) is 8. The van der Waals surface area contributed by atoms with E-state index >= 15 is 0 Å². The zero-order valence-corrected chi connectivity index (χ0v) is 19.0. The first-order valence-corrected chi connectivity index (χ1v) is 10.7. The number of rotatable bonds is 14. The number of hydrogen-bond donors (Lipinski definition) is 1. The number of carbonyl (C=O) groups is 2. The Morgan fingerprint density at radius 1 is 1.07 bits per heavy atom. The van der Waals surface area contributed by atoms with E-state index in [1.165, 1.54) is 18.9 Å². The Bertz CT molecular complexity index is 690. The van der Waals surface area contributed by atoms with Gasteiger partial charge in [0.15, 0.2) is 0 Å². The maximum Gasteiger partial charge on any atom is 0.313 e. The van der Waals surface area contributed by atoms with Crippen molar-refractivity contribution in [3.63, 3.8) is 0 Å². The number of ether oxygens (including phenoxy) is 3. The topological polar surface area (TPSA) is 91.3 Å². The second-order valence-corrected chi connectivity index (χ2v) is 8.92. The monoisotopic (exact) mass is 440 g/mol. The van der Waals surface area contributed by atoms with Gasteiger partial charge in [0.05, 0.1) is 23.2 Å². The fourth-order valence-electron chi connectivity index (χ4n) is 2.96. The highest BCUT2D eigenvalue weighted by Gasteiger charge is 2.44. The van der Waals surface area contributed by atoms with Gasteiger partial charge < -0.3 is 19.1 Å². The summed E-state index contributed by atoms with van der Waals surface area (Å²) in [4.78, 5) is 29.7. The van der Waals surface area contributed by atoms with E-state index in [1.54, 1.807) is 20.8 Å². The summed E-state index contributed by atoms with van der Waals surface area (Å²) in [6.07, 6.45) is 0.221. The Kier molecular flexibility index (Phi) is 10.9. The number of benzene rings is 1. The summed E-state index contributed by atoms with van der Waals surface area (Å²) in [6.45, 7) is 9.41. The van der Waals surface area contributed by atoms with Crippen molar-refractivity contribution in [2.75, 3.05) is 31.8 Å². The average molecular weight is 441 g/mol. The minimum Gasteiger partial charge on any atom is -0.463 e. The highest BCUT2D eigenvalue weighted by atomic mass is 32.2. The molecule has 0 spiro atoms. The molecule has 1 unspecified atom stereocenters. The highest BCUT2D eigenvalue weighted by Crippen LogP contribution is 2.39. The SMILES string of the molecule is C=C(CSCC(C)(CC(C)(C)C(=O)OCCOC)C(=O)OCc1ccccc1)OO. The van der Waals surface area contributed by atoms with Gasteiger partial charge in [-0.1, -0.05) is 36.9 Å². The molecular weight excluding hydrogens is 408 g/mol. The van der Waals surface area contributed by atoms with Gasteiger partial charge in [-0.05, 0) is 32.8 Å². The molecule has 1 aromatic carbocycles. The summed E-state index contributed by atoms with van der Waals surface area (Å²) in [6, 6.07) is 9.38. The van der Waals surface area contributed by atoms with Gasteiger partial charge in [0, 0.05) is 12.9 Å². The number of thioether (sulfide) groups is 1. The molecule has 8 heteroatoms. The van der Waals surface area contributed by atoms with Gasteiger partial charge in [0.2, 0.25) is 0 Å². The van der Waals surface area contributed by atoms with Crippen LogP contribution in [0.1, 0.15) is 32.8 Å². The molecule has 7 nitrogen and oxygen atoms in total. The fourth-order valence-corrected chi connectivity index (χ4v) is 4.01. The first-order valence-electron chi connectivity index (χ1n) is 9.59. The molecule has 0 aliphatic heterocycles. The normalized spacial score (nSPS) is 13.2. The van der Waals surface area contributed by atoms with E-state index in [0.717, 1.165) is 5.56 Å². The number of carbonyl (C=O) groups excluding carboxylic acids is 2. The Balaban J connectivity index is 2.88. The quantitative estimate of drug-likeness (QED) is 0.152. The average Bonchev–Trinajstić information content (AvgIpc) is 2.72. The minimum atomic E-state index is -0.973. The van der Waals surface area contributed by atoms with E-state index in [0.29, 0.717) is 18.1 Å². The van der Waals surface area contributed by atoms with Crippen molar-refractivity contribution >= 4 is 23.7 Å². The molecule has 1 N–H and O–H groups in total. The lowest BCUT2D eigenvalue weighted by Gasteiger charge is -2.34. The third-order valence-corrected chi connectivity index (χ3v) is 5.79. The van der Waals surface area contributed by atoms with E-state index in [-0.39, 0.29) is 25.4 Å². The molecule has 1 atom stereocenters. The zero-order valence-electron chi connectivity index (χ0n) is 18.1. The van der Waals surface area contributed by atoms with Gasteiger partial charge >= 0.3 is 11.9 Å². The number of esters is 2. The van der Waals surface area contributed by atoms with Crippen LogP contribution in [0.5, 0.6) is 0 Å². The van der Waals surface area contributed by atoms with Crippen molar-refractivity contribution in [1.82, 2.24) is 0 Å². The smallest absolute Gasteiger partial charge is 0.313 e. The molecule has 0 bridgehead atoms. The van der Waals surface area contributed by atoms with Crippen LogP contribution in [-0.2, 0) is 35.3 Å². The van der Waals surface area contributed by atoms with Gasteiger partial charge in [0.1, 0.15) is 19.0 Å².